The number of carbonyl (C=O) groups excluding carboxylic acids is 1. The molecule has 2 aromatic rings. The molecule has 1 aromatic carbocycles. The largest absolute Gasteiger partial charge is 0.376 e. The van der Waals surface area contributed by atoms with Gasteiger partial charge >= 0.3 is 0 Å². The van der Waals surface area contributed by atoms with Gasteiger partial charge in [-0.2, -0.15) is 5.10 Å². The minimum absolute atomic E-state index is 0.0547. The number of aryl methyl sites for hydroxylation is 1. The third-order valence-corrected chi connectivity index (χ3v) is 4.92. The number of guanidine groups is 1. The molecule has 30 heavy (non-hydrogen) atoms. The molecule has 0 aliphatic carbocycles. The van der Waals surface area contributed by atoms with Gasteiger partial charge in [0.2, 0.25) is 5.91 Å². The second kappa shape index (κ2) is 10.8. The van der Waals surface area contributed by atoms with Gasteiger partial charge in [-0.3, -0.25) is 14.5 Å². The Bertz CT molecular complexity index is 835. The lowest BCUT2D eigenvalue weighted by Crippen LogP contribution is -2.55. The summed E-state index contributed by atoms with van der Waals surface area (Å²) in [4.78, 5) is 21.3. The third kappa shape index (κ3) is 6.06. The lowest BCUT2D eigenvalue weighted by molar-refractivity contribution is -0.120. The summed E-state index contributed by atoms with van der Waals surface area (Å²) in [5.74, 6) is 1.13. The highest BCUT2D eigenvalue weighted by Gasteiger charge is 2.27. The van der Waals surface area contributed by atoms with Crippen LogP contribution in [0.4, 0.5) is 5.69 Å². The number of anilines is 1. The van der Waals surface area contributed by atoms with Crippen LogP contribution < -0.4 is 10.2 Å². The Morgan fingerprint density at radius 3 is 2.77 bits per heavy atom. The predicted octanol–water partition coefficient (Wildman–Crippen LogP) is 1.89. The molecule has 1 amide bonds. The van der Waals surface area contributed by atoms with Crippen molar-refractivity contribution in [2.24, 2.45) is 18.0 Å². The van der Waals surface area contributed by atoms with Gasteiger partial charge in [-0.25, -0.2) is 0 Å². The molecule has 0 radical (unpaired) electrons. The maximum Gasteiger partial charge on any atom is 0.246 e. The molecule has 1 fully saturated rings. The van der Waals surface area contributed by atoms with Gasteiger partial charge in [0.1, 0.15) is 6.54 Å². The fourth-order valence-corrected chi connectivity index (χ4v) is 3.35. The molecule has 1 aliphatic heterocycles. The van der Waals surface area contributed by atoms with Gasteiger partial charge in [-0.05, 0) is 18.4 Å². The first-order chi connectivity index (χ1) is 14.6. The lowest BCUT2D eigenvalue weighted by atomic mass is 10.2. The number of ether oxygens (including phenoxy) is 1. The first-order valence-corrected chi connectivity index (χ1v) is 10.5. The average molecular weight is 413 g/mol. The van der Waals surface area contributed by atoms with Crippen LogP contribution in [0.25, 0.3) is 0 Å². The Labute approximate surface area is 178 Å². The summed E-state index contributed by atoms with van der Waals surface area (Å²) in [5.41, 5.74) is 2.01. The fourth-order valence-electron chi connectivity index (χ4n) is 3.35. The van der Waals surface area contributed by atoms with E-state index in [1.807, 2.05) is 43.3 Å². The SMILES string of the molecule is CCNC(=NCC(C)COCc1ccccc1)N1CCN(c2cnn(C)c2)C(=O)C1. The van der Waals surface area contributed by atoms with E-state index in [4.69, 9.17) is 9.73 Å². The molecule has 1 aliphatic rings. The summed E-state index contributed by atoms with van der Waals surface area (Å²) < 4.78 is 7.54. The van der Waals surface area contributed by atoms with E-state index in [0.717, 1.165) is 24.7 Å². The van der Waals surface area contributed by atoms with Crippen molar-refractivity contribution in [3.63, 3.8) is 0 Å². The fraction of sp³-hybridized carbons (Fsp3) is 0.500. The minimum Gasteiger partial charge on any atom is -0.376 e. The van der Waals surface area contributed by atoms with Gasteiger partial charge in [0, 0.05) is 39.4 Å². The average Bonchev–Trinajstić information content (AvgIpc) is 3.17. The molecule has 1 saturated heterocycles. The molecule has 8 heteroatoms. The van der Waals surface area contributed by atoms with Crippen molar-refractivity contribution in [2.45, 2.75) is 20.5 Å². The topological polar surface area (TPSA) is 75.0 Å². The maximum absolute atomic E-state index is 12.7. The number of amides is 1. The van der Waals surface area contributed by atoms with Crippen LogP contribution in [0.5, 0.6) is 0 Å². The van der Waals surface area contributed by atoms with Crippen molar-refractivity contribution in [3.05, 3.63) is 48.3 Å². The molecular weight excluding hydrogens is 380 g/mol. The minimum atomic E-state index is 0.0547. The van der Waals surface area contributed by atoms with Crippen LogP contribution in [-0.4, -0.2) is 65.9 Å². The normalized spacial score (nSPS) is 16.1. The first-order valence-electron chi connectivity index (χ1n) is 10.5. The summed E-state index contributed by atoms with van der Waals surface area (Å²) >= 11 is 0. The molecule has 0 spiro atoms. The number of benzene rings is 1. The van der Waals surface area contributed by atoms with Crippen molar-refractivity contribution < 1.29 is 9.53 Å². The van der Waals surface area contributed by atoms with Crippen LogP contribution in [0.15, 0.2) is 47.7 Å². The van der Waals surface area contributed by atoms with Crippen LogP contribution in [0.1, 0.15) is 19.4 Å². The van der Waals surface area contributed by atoms with E-state index in [1.165, 1.54) is 5.56 Å². The van der Waals surface area contributed by atoms with Crippen molar-refractivity contribution in [1.29, 1.82) is 0 Å². The van der Waals surface area contributed by atoms with Crippen LogP contribution in [-0.2, 0) is 23.2 Å². The van der Waals surface area contributed by atoms with E-state index < -0.39 is 0 Å². The number of piperazine rings is 1. The molecular formula is C22H32N6O2. The Balaban J connectivity index is 1.50. The van der Waals surface area contributed by atoms with E-state index in [1.54, 1.807) is 15.8 Å². The number of rotatable bonds is 8. The molecule has 1 unspecified atom stereocenters. The highest BCUT2D eigenvalue weighted by molar-refractivity contribution is 5.98. The van der Waals surface area contributed by atoms with E-state index in [0.29, 0.717) is 32.8 Å². The van der Waals surface area contributed by atoms with Crippen molar-refractivity contribution in [3.8, 4) is 0 Å². The second-order valence-corrected chi connectivity index (χ2v) is 7.64. The van der Waals surface area contributed by atoms with Crippen molar-refractivity contribution in [2.75, 3.05) is 44.2 Å². The summed E-state index contributed by atoms with van der Waals surface area (Å²) in [6, 6.07) is 10.2. The molecule has 1 aromatic heterocycles. The van der Waals surface area contributed by atoms with Gasteiger partial charge in [0.15, 0.2) is 5.96 Å². The highest BCUT2D eigenvalue weighted by atomic mass is 16.5. The molecule has 1 atom stereocenters. The summed E-state index contributed by atoms with van der Waals surface area (Å²) in [5, 5.41) is 7.48. The van der Waals surface area contributed by atoms with Gasteiger partial charge in [-0.15, -0.1) is 0 Å². The third-order valence-electron chi connectivity index (χ3n) is 4.92. The summed E-state index contributed by atoms with van der Waals surface area (Å²) in [6.07, 6.45) is 3.59. The van der Waals surface area contributed by atoms with Gasteiger partial charge < -0.3 is 19.9 Å². The molecule has 2 heterocycles. The monoisotopic (exact) mass is 412 g/mol. The number of aromatic nitrogens is 2. The molecule has 8 nitrogen and oxygen atoms in total. The molecule has 162 valence electrons. The Kier molecular flexibility index (Phi) is 7.84. The standard InChI is InChI=1S/C22H32N6O2/c1-4-23-22(24-12-18(2)16-30-17-19-8-6-5-7-9-19)27-10-11-28(21(29)15-27)20-13-25-26(3)14-20/h5-9,13-14,18H,4,10-12,15-17H2,1-3H3,(H,23,24). The first kappa shape index (κ1) is 21.8. The van der Waals surface area contributed by atoms with Gasteiger partial charge in [-0.1, -0.05) is 37.3 Å². The van der Waals surface area contributed by atoms with Crippen LogP contribution in [0.2, 0.25) is 0 Å². The van der Waals surface area contributed by atoms with Crippen LogP contribution in [0.3, 0.4) is 0 Å². The van der Waals surface area contributed by atoms with Crippen LogP contribution in [0, 0.1) is 5.92 Å². The quantitative estimate of drug-likeness (QED) is 0.529. The summed E-state index contributed by atoms with van der Waals surface area (Å²) in [7, 11) is 1.85. The summed E-state index contributed by atoms with van der Waals surface area (Å²) in [6.45, 7) is 8.48. The van der Waals surface area contributed by atoms with E-state index in [-0.39, 0.29) is 11.8 Å². The van der Waals surface area contributed by atoms with E-state index >= 15 is 0 Å². The van der Waals surface area contributed by atoms with Gasteiger partial charge in [0.25, 0.3) is 0 Å². The number of carbonyl (C=O) groups is 1. The molecule has 0 saturated carbocycles. The molecule has 0 bridgehead atoms. The number of nitrogens with one attached hydrogen (secondary N) is 1. The smallest absolute Gasteiger partial charge is 0.246 e. The second-order valence-electron chi connectivity index (χ2n) is 7.64. The Morgan fingerprint density at radius 1 is 1.30 bits per heavy atom. The highest BCUT2D eigenvalue weighted by Crippen LogP contribution is 2.16. The zero-order valence-corrected chi connectivity index (χ0v) is 18.1. The van der Waals surface area contributed by atoms with Crippen molar-refractivity contribution in [1.82, 2.24) is 20.0 Å². The van der Waals surface area contributed by atoms with E-state index in [2.05, 4.69) is 29.5 Å². The number of hydrogen-bond acceptors (Lipinski definition) is 4. The number of nitrogens with zero attached hydrogens (tertiary/aromatic N) is 5. The van der Waals surface area contributed by atoms with Crippen LogP contribution >= 0.6 is 0 Å². The molecule has 3 rings (SSSR count). The van der Waals surface area contributed by atoms with Gasteiger partial charge in [0.05, 0.1) is 25.1 Å². The Hall–Kier alpha value is -2.87. The zero-order valence-electron chi connectivity index (χ0n) is 18.1. The van der Waals surface area contributed by atoms with Crippen molar-refractivity contribution >= 4 is 17.6 Å². The number of hydrogen-bond donors (Lipinski definition) is 1. The predicted molar refractivity (Wildman–Crippen MR) is 118 cm³/mol. The number of aliphatic imine (C=N–C) groups is 1. The maximum atomic E-state index is 12.7. The lowest BCUT2D eigenvalue weighted by Gasteiger charge is -2.35. The molecule has 1 N–H and O–H groups in total. The zero-order chi connectivity index (χ0) is 21.3. The Morgan fingerprint density at radius 2 is 2.10 bits per heavy atom. The van der Waals surface area contributed by atoms with E-state index in [9.17, 15) is 4.79 Å².